The van der Waals surface area contributed by atoms with Crippen LogP contribution in [0.5, 0.6) is 0 Å². The first-order chi connectivity index (χ1) is 18.6. The lowest BCUT2D eigenvalue weighted by molar-refractivity contribution is -0.152. The Labute approximate surface area is 228 Å². The summed E-state index contributed by atoms with van der Waals surface area (Å²) in [5, 5.41) is 15.3. The van der Waals surface area contributed by atoms with Gasteiger partial charge in [-0.3, -0.25) is 24.4 Å². The number of fused-ring (bicyclic) bond motifs is 1. The van der Waals surface area contributed by atoms with Crippen molar-refractivity contribution in [2.24, 2.45) is 11.1 Å². The smallest absolute Gasteiger partial charge is 0.315 e. The van der Waals surface area contributed by atoms with Crippen LogP contribution in [0, 0.1) is 5.41 Å². The van der Waals surface area contributed by atoms with Crippen molar-refractivity contribution in [1.82, 2.24) is 20.7 Å². The van der Waals surface area contributed by atoms with Gasteiger partial charge in [-0.15, -0.1) is 0 Å². The van der Waals surface area contributed by atoms with Crippen LogP contribution in [0.1, 0.15) is 69.7 Å². The number of nitrogens with one attached hydrogen (secondary N) is 2. The van der Waals surface area contributed by atoms with E-state index in [0.717, 1.165) is 16.5 Å². The van der Waals surface area contributed by atoms with Crippen LogP contribution < -0.4 is 16.5 Å². The molecule has 1 saturated carbocycles. The zero-order chi connectivity index (χ0) is 28.2. The maximum absolute atomic E-state index is 13.0. The first-order valence-electron chi connectivity index (χ1n) is 13.6. The summed E-state index contributed by atoms with van der Waals surface area (Å²) in [7, 11) is 1.39. The quantitative estimate of drug-likeness (QED) is 0.394. The van der Waals surface area contributed by atoms with Gasteiger partial charge in [-0.05, 0) is 70.1 Å². The summed E-state index contributed by atoms with van der Waals surface area (Å²) in [5.74, 6) is -0.719. The maximum atomic E-state index is 13.0. The minimum Gasteiger partial charge on any atom is -0.468 e. The van der Waals surface area contributed by atoms with Crippen molar-refractivity contribution in [1.29, 1.82) is 0 Å². The SMILES string of the molecule is COC(=O)C1(/C=C/c2ccc3ccc([C@@H](C)NC(=O)[C@@H]4CCCN(C(=O)[C@H](C)N)N4)nc3c2)CCC(O)CC1. The molecule has 3 atom stereocenters. The van der Waals surface area contributed by atoms with Crippen LogP contribution in [0.25, 0.3) is 17.0 Å². The molecule has 2 heterocycles. The number of aliphatic hydroxyl groups excluding tert-OH is 1. The number of hydrogen-bond donors (Lipinski definition) is 4. The molecule has 1 aliphatic heterocycles. The lowest BCUT2D eigenvalue weighted by Gasteiger charge is -2.34. The van der Waals surface area contributed by atoms with Crippen LogP contribution in [-0.2, 0) is 19.1 Å². The van der Waals surface area contributed by atoms with Crippen molar-refractivity contribution >= 4 is 34.8 Å². The van der Waals surface area contributed by atoms with Gasteiger partial charge in [-0.25, -0.2) is 5.43 Å². The topological polar surface area (TPSA) is 147 Å². The van der Waals surface area contributed by atoms with Gasteiger partial charge in [0.15, 0.2) is 0 Å². The molecule has 0 unspecified atom stereocenters. The summed E-state index contributed by atoms with van der Waals surface area (Å²) >= 11 is 0. The summed E-state index contributed by atoms with van der Waals surface area (Å²) in [6.07, 6.45) is 6.95. The molecule has 2 aromatic rings. The summed E-state index contributed by atoms with van der Waals surface area (Å²) in [6.45, 7) is 4.02. The average molecular weight is 538 g/mol. The van der Waals surface area contributed by atoms with Crippen molar-refractivity contribution in [2.75, 3.05) is 13.7 Å². The molecule has 5 N–H and O–H groups in total. The molecule has 4 rings (SSSR count). The second-order valence-corrected chi connectivity index (χ2v) is 10.7. The molecule has 0 bridgehead atoms. The van der Waals surface area contributed by atoms with Crippen LogP contribution in [0.3, 0.4) is 0 Å². The number of methoxy groups -OCH3 is 1. The molecule has 0 radical (unpaired) electrons. The molecule has 10 heteroatoms. The van der Waals surface area contributed by atoms with Gasteiger partial charge in [-0.1, -0.05) is 30.4 Å². The Balaban J connectivity index is 1.47. The number of hydrogen-bond acceptors (Lipinski definition) is 8. The number of benzene rings is 1. The monoisotopic (exact) mass is 537 g/mol. The molecule has 1 saturated heterocycles. The normalized spacial score (nSPS) is 25.3. The third-order valence-corrected chi connectivity index (χ3v) is 7.73. The molecular weight excluding hydrogens is 498 g/mol. The number of aromatic nitrogens is 1. The molecule has 1 aromatic carbocycles. The highest BCUT2D eigenvalue weighted by Gasteiger charge is 2.40. The van der Waals surface area contributed by atoms with Crippen LogP contribution in [-0.4, -0.2) is 64.7 Å². The van der Waals surface area contributed by atoms with Crippen LogP contribution in [0.2, 0.25) is 0 Å². The van der Waals surface area contributed by atoms with Crippen molar-refractivity contribution in [3.8, 4) is 0 Å². The molecular formula is C29H39N5O5. The third kappa shape index (κ3) is 6.63. The molecule has 10 nitrogen and oxygen atoms in total. The Morgan fingerprint density at radius 3 is 2.62 bits per heavy atom. The molecule has 1 aromatic heterocycles. The second-order valence-electron chi connectivity index (χ2n) is 10.7. The van der Waals surface area contributed by atoms with E-state index >= 15 is 0 Å². The van der Waals surface area contributed by atoms with E-state index < -0.39 is 17.5 Å². The van der Waals surface area contributed by atoms with Gasteiger partial charge in [0.05, 0.1) is 41.9 Å². The summed E-state index contributed by atoms with van der Waals surface area (Å²) in [6, 6.07) is 8.24. The van der Waals surface area contributed by atoms with Crippen molar-refractivity contribution < 1.29 is 24.2 Å². The third-order valence-electron chi connectivity index (χ3n) is 7.73. The molecule has 0 spiro atoms. The minimum absolute atomic E-state index is 0.200. The standard InChI is InChI=1S/C29H39N5O5/c1-18(30)27(37)34-16-4-5-24(33-34)26(36)31-19(2)23-9-8-21-7-6-20(17-25(21)32-23)10-13-29(28(38)39-3)14-11-22(35)12-15-29/h6-10,13,17-19,22,24,33,35H,4-5,11-12,14-16,30H2,1-3H3,(H,31,36)/b13-10+/t18-,19+,22?,24-,29?/m0/s1. The number of esters is 1. The number of carbonyl (C=O) groups is 3. The van der Waals surface area contributed by atoms with E-state index in [-0.39, 0.29) is 29.9 Å². The highest BCUT2D eigenvalue weighted by Crippen LogP contribution is 2.39. The summed E-state index contributed by atoms with van der Waals surface area (Å²) in [5.41, 5.74) is 10.3. The van der Waals surface area contributed by atoms with E-state index in [4.69, 9.17) is 15.5 Å². The van der Waals surface area contributed by atoms with Crippen molar-refractivity contribution in [2.45, 2.75) is 76.6 Å². The second kappa shape index (κ2) is 12.2. The predicted molar refractivity (Wildman–Crippen MR) is 148 cm³/mol. The first kappa shape index (κ1) is 28.7. The average Bonchev–Trinajstić information content (AvgIpc) is 2.95. The van der Waals surface area contributed by atoms with Gasteiger partial charge in [0, 0.05) is 11.9 Å². The highest BCUT2D eigenvalue weighted by molar-refractivity contribution is 5.85. The zero-order valence-electron chi connectivity index (χ0n) is 22.9. The predicted octanol–water partition coefficient (Wildman–Crippen LogP) is 2.36. The number of amides is 2. The van der Waals surface area contributed by atoms with Gasteiger partial charge in [0.1, 0.15) is 6.04 Å². The number of pyridine rings is 1. The molecule has 210 valence electrons. The molecule has 2 aliphatic rings. The number of carbonyl (C=O) groups excluding carboxylic acids is 3. The van der Waals surface area contributed by atoms with Crippen LogP contribution in [0.15, 0.2) is 36.4 Å². The number of hydrazine groups is 1. The number of nitrogens with two attached hydrogens (primary N) is 1. The Kier molecular flexibility index (Phi) is 8.99. The Hall–Kier alpha value is -3.34. The van der Waals surface area contributed by atoms with E-state index in [9.17, 15) is 19.5 Å². The largest absolute Gasteiger partial charge is 0.468 e. The molecule has 2 fully saturated rings. The van der Waals surface area contributed by atoms with E-state index in [2.05, 4.69) is 10.7 Å². The Bertz CT molecular complexity index is 1240. The molecule has 2 amide bonds. The van der Waals surface area contributed by atoms with Gasteiger partial charge >= 0.3 is 5.97 Å². The van der Waals surface area contributed by atoms with Crippen LogP contribution in [0.4, 0.5) is 0 Å². The van der Waals surface area contributed by atoms with Crippen molar-refractivity contribution in [3.63, 3.8) is 0 Å². The number of rotatable bonds is 7. The van der Waals surface area contributed by atoms with E-state index in [1.54, 1.807) is 6.92 Å². The summed E-state index contributed by atoms with van der Waals surface area (Å²) < 4.78 is 5.08. The van der Waals surface area contributed by atoms with E-state index in [1.807, 2.05) is 49.4 Å². The van der Waals surface area contributed by atoms with E-state index in [1.165, 1.54) is 12.1 Å². The molecule has 1 aliphatic carbocycles. The maximum Gasteiger partial charge on any atom is 0.315 e. The lowest BCUT2D eigenvalue weighted by Crippen LogP contribution is -2.60. The highest BCUT2D eigenvalue weighted by atomic mass is 16.5. The lowest BCUT2D eigenvalue weighted by atomic mass is 9.72. The summed E-state index contributed by atoms with van der Waals surface area (Å²) in [4.78, 5) is 42.6. The fourth-order valence-electron chi connectivity index (χ4n) is 5.28. The molecule has 39 heavy (non-hydrogen) atoms. The van der Waals surface area contributed by atoms with Crippen LogP contribution >= 0.6 is 0 Å². The number of nitrogens with zero attached hydrogens (tertiary/aromatic N) is 2. The minimum atomic E-state index is -0.744. The van der Waals surface area contributed by atoms with Gasteiger partial charge < -0.3 is 20.9 Å². The van der Waals surface area contributed by atoms with Gasteiger partial charge in [0.25, 0.3) is 5.91 Å². The Morgan fingerprint density at radius 2 is 1.92 bits per heavy atom. The Morgan fingerprint density at radius 1 is 1.21 bits per heavy atom. The fraction of sp³-hybridized carbons (Fsp3) is 0.517. The zero-order valence-corrected chi connectivity index (χ0v) is 22.9. The van der Waals surface area contributed by atoms with Gasteiger partial charge in [-0.2, -0.15) is 0 Å². The van der Waals surface area contributed by atoms with E-state index in [0.29, 0.717) is 50.8 Å². The number of ether oxygens (including phenoxy) is 1. The first-order valence-corrected chi connectivity index (χ1v) is 13.6. The van der Waals surface area contributed by atoms with Gasteiger partial charge in [0.2, 0.25) is 5.91 Å². The van der Waals surface area contributed by atoms with Crippen molar-refractivity contribution in [3.05, 3.63) is 47.7 Å². The fourth-order valence-corrected chi connectivity index (χ4v) is 5.28. The number of aliphatic hydroxyl groups is 1.